The summed E-state index contributed by atoms with van der Waals surface area (Å²) in [5.41, 5.74) is 1.07. The van der Waals surface area contributed by atoms with Gasteiger partial charge in [-0.15, -0.1) is 0 Å². The molecule has 4 rings (SSSR count). The van der Waals surface area contributed by atoms with Crippen LogP contribution in [0, 0.1) is 0 Å². The maximum absolute atomic E-state index is 13.0. The van der Waals surface area contributed by atoms with Gasteiger partial charge in [0.2, 0.25) is 0 Å². The first-order valence-corrected chi connectivity index (χ1v) is 9.15. The second-order valence-corrected chi connectivity index (χ2v) is 7.10. The summed E-state index contributed by atoms with van der Waals surface area (Å²) in [6, 6.07) is 9.16. The largest absolute Gasteiger partial charge is 0.281 e. The number of aromatic nitrogens is 5. The number of hydrogen-bond acceptors (Lipinski definition) is 5. The van der Waals surface area contributed by atoms with Gasteiger partial charge in [-0.1, -0.05) is 29.0 Å². The summed E-state index contributed by atoms with van der Waals surface area (Å²) in [6.45, 7) is 0.976. The number of carbonyl (C=O) groups is 1. The molecule has 7 nitrogen and oxygen atoms in total. The van der Waals surface area contributed by atoms with E-state index >= 15 is 0 Å². The molecule has 1 amide bonds. The van der Waals surface area contributed by atoms with Crippen molar-refractivity contribution in [2.45, 2.75) is 6.54 Å². The van der Waals surface area contributed by atoms with Crippen LogP contribution < -0.4 is 4.90 Å². The Morgan fingerprint density at radius 2 is 2.15 bits per heavy atom. The summed E-state index contributed by atoms with van der Waals surface area (Å²) in [5, 5.41) is 9.59. The molecule has 0 N–H and O–H groups in total. The molecule has 0 bridgehead atoms. The van der Waals surface area contributed by atoms with Crippen LogP contribution in [0.5, 0.6) is 0 Å². The van der Waals surface area contributed by atoms with Crippen LogP contribution in [0.1, 0.15) is 10.5 Å². The van der Waals surface area contributed by atoms with Gasteiger partial charge in [0.25, 0.3) is 5.91 Å². The monoisotopic (exact) mass is 386 g/mol. The quantitative estimate of drug-likeness (QED) is 0.528. The lowest BCUT2D eigenvalue weighted by molar-refractivity contribution is 0.0980. The molecule has 132 valence electrons. The maximum Gasteiger partial charge on any atom is 0.280 e. The normalized spacial score (nSPS) is 11.2. The van der Waals surface area contributed by atoms with Gasteiger partial charge in [0.1, 0.15) is 5.52 Å². The van der Waals surface area contributed by atoms with E-state index in [1.165, 1.54) is 11.3 Å². The third-order valence-corrected chi connectivity index (χ3v) is 5.23. The number of hydrogen-bond donors (Lipinski definition) is 0. The van der Waals surface area contributed by atoms with Gasteiger partial charge >= 0.3 is 0 Å². The van der Waals surface area contributed by atoms with E-state index in [0.717, 1.165) is 4.70 Å². The Labute approximate surface area is 158 Å². The topological polar surface area (TPSA) is 68.8 Å². The lowest BCUT2D eigenvalue weighted by Gasteiger charge is -2.18. The molecule has 0 atom stereocenters. The SMILES string of the molecule is Cn1ccc(C(=O)N(CCn2cccn2)c2nc3c(Cl)cccc3s2)n1. The number of rotatable bonds is 5. The van der Waals surface area contributed by atoms with Gasteiger partial charge in [-0.05, 0) is 24.3 Å². The number of thiazole rings is 1. The minimum Gasteiger partial charge on any atom is -0.281 e. The highest BCUT2D eigenvalue weighted by atomic mass is 35.5. The summed E-state index contributed by atoms with van der Waals surface area (Å²) in [7, 11) is 1.78. The van der Waals surface area contributed by atoms with Crippen molar-refractivity contribution in [1.82, 2.24) is 24.5 Å². The standard InChI is InChI=1S/C17H15ClN6OS/c1-22-9-6-13(21-22)16(25)24(11-10-23-8-3-7-19-23)17-20-15-12(18)4-2-5-14(15)26-17/h2-9H,10-11H2,1H3. The predicted molar refractivity (Wildman–Crippen MR) is 102 cm³/mol. The number of anilines is 1. The van der Waals surface area contributed by atoms with Crippen LogP contribution in [-0.4, -0.2) is 37.0 Å². The molecule has 0 unspecified atom stereocenters. The van der Waals surface area contributed by atoms with E-state index in [4.69, 9.17) is 11.6 Å². The third-order valence-electron chi connectivity index (χ3n) is 3.88. The summed E-state index contributed by atoms with van der Waals surface area (Å²) < 4.78 is 4.32. The molecular weight excluding hydrogens is 372 g/mol. The molecule has 0 aliphatic rings. The molecule has 4 aromatic rings. The van der Waals surface area contributed by atoms with E-state index in [0.29, 0.717) is 34.5 Å². The fourth-order valence-electron chi connectivity index (χ4n) is 2.61. The zero-order valence-corrected chi connectivity index (χ0v) is 15.5. The number of carbonyl (C=O) groups excluding carboxylic acids is 1. The van der Waals surface area contributed by atoms with Crippen LogP contribution >= 0.6 is 22.9 Å². The average molecular weight is 387 g/mol. The van der Waals surface area contributed by atoms with Gasteiger partial charge in [-0.2, -0.15) is 10.2 Å². The van der Waals surface area contributed by atoms with Crippen LogP contribution in [0.3, 0.4) is 0 Å². The van der Waals surface area contributed by atoms with Crippen molar-refractivity contribution in [3.63, 3.8) is 0 Å². The Kier molecular flexibility index (Phi) is 4.44. The molecule has 0 aliphatic carbocycles. The first-order chi connectivity index (χ1) is 12.6. The Hall–Kier alpha value is -2.71. The van der Waals surface area contributed by atoms with Gasteiger partial charge in [0, 0.05) is 32.2 Å². The number of amides is 1. The van der Waals surface area contributed by atoms with Crippen molar-refractivity contribution in [3.05, 3.63) is 59.6 Å². The van der Waals surface area contributed by atoms with E-state index in [1.54, 1.807) is 45.8 Å². The fraction of sp³-hybridized carbons (Fsp3) is 0.176. The number of para-hydroxylation sites is 1. The van der Waals surface area contributed by atoms with Crippen molar-refractivity contribution in [3.8, 4) is 0 Å². The second-order valence-electron chi connectivity index (χ2n) is 5.68. The Morgan fingerprint density at radius 3 is 2.85 bits per heavy atom. The summed E-state index contributed by atoms with van der Waals surface area (Å²) in [4.78, 5) is 19.3. The van der Waals surface area contributed by atoms with Crippen molar-refractivity contribution in [1.29, 1.82) is 0 Å². The molecule has 26 heavy (non-hydrogen) atoms. The van der Waals surface area contributed by atoms with Crippen LogP contribution in [0.15, 0.2) is 48.9 Å². The van der Waals surface area contributed by atoms with Crippen LogP contribution in [-0.2, 0) is 13.6 Å². The Balaban J connectivity index is 1.70. The summed E-state index contributed by atoms with van der Waals surface area (Å²) >= 11 is 7.68. The van der Waals surface area contributed by atoms with Gasteiger partial charge < -0.3 is 0 Å². The van der Waals surface area contributed by atoms with Gasteiger partial charge in [0.05, 0.1) is 16.3 Å². The molecule has 0 saturated carbocycles. The summed E-state index contributed by atoms with van der Waals surface area (Å²) in [5.74, 6) is -0.201. The van der Waals surface area contributed by atoms with Gasteiger partial charge in [0.15, 0.2) is 10.8 Å². The number of fused-ring (bicyclic) bond motifs is 1. The van der Waals surface area contributed by atoms with Crippen molar-refractivity contribution >= 4 is 44.2 Å². The highest BCUT2D eigenvalue weighted by Crippen LogP contribution is 2.33. The van der Waals surface area contributed by atoms with Crippen molar-refractivity contribution in [2.75, 3.05) is 11.4 Å². The molecule has 0 saturated heterocycles. The Bertz CT molecular complexity index is 1050. The smallest absolute Gasteiger partial charge is 0.280 e. The molecule has 0 aliphatic heterocycles. The Morgan fingerprint density at radius 1 is 1.27 bits per heavy atom. The van der Waals surface area contributed by atoms with Crippen LogP contribution in [0.25, 0.3) is 10.2 Å². The first kappa shape index (κ1) is 16.7. The van der Waals surface area contributed by atoms with E-state index in [-0.39, 0.29) is 5.91 Å². The van der Waals surface area contributed by atoms with E-state index < -0.39 is 0 Å². The second kappa shape index (κ2) is 6.89. The molecule has 9 heteroatoms. The van der Waals surface area contributed by atoms with Crippen LogP contribution in [0.4, 0.5) is 5.13 Å². The molecule has 3 heterocycles. The molecule has 0 radical (unpaired) electrons. The number of benzene rings is 1. The lowest BCUT2D eigenvalue weighted by Crippen LogP contribution is -2.34. The lowest BCUT2D eigenvalue weighted by atomic mass is 10.3. The van der Waals surface area contributed by atoms with E-state index in [2.05, 4.69) is 15.2 Å². The number of halogens is 1. The maximum atomic E-state index is 13.0. The molecular formula is C17H15ClN6OS. The number of aryl methyl sites for hydroxylation is 1. The third kappa shape index (κ3) is 3.21. The highest BCUT2D eigenvalue weighted by Gasteiger charge is 2.23. The van der Waals surface area contributed by atoms with Gasteiger partial charge in [-0.3, -0.25) is 19.1 Å². The van der Waals surface area contributed by atoms with Gasteiger partial charge in [-0.25, -0.2) is 4.98 Å². The molecule has 3 aromatic heterocycles. The average Bonchev–Trinajstić information content (AvgIpc) is 3.35. The van der Waals surface area contributed by atoms with Crippen molar-refractivity contribution in [2.24, 2.45) is 7.05 Å². The van der Waals surface area contributed by atoms with E-state index in [9.17, 15) is 4.79 Å². The number of nitrogens with zero attached hydrogens (tertiary/aromatic N) is 6. The highest BCUT2D eigenvalue weighted by molar-refractivity contribution is 7.22. The minimum absolute atomic E-state index is 0.201. The first-order valence-electron chi connectivity index (χ1n) is 7.96. The van der Waals surface area contributed by atoms with E-state index in [1.807, 2.05) is 24.4 Å². The molecule has 0 fully saturated rings. The molecule has 0 spiro atoms. The zero-order chi connectivity index (χ0) is 18.1. The minimum atomic E-state index is -0.201. The van der Waals surface area contributed by atoms with Crippen LogP contribution in [0.2, 0.25) is 5.02 Å². The molecule has 1 aromatic carbocycles. The fourth-order valence-corrected chi connectivity index (χ4v) is 3.90. The summed E-state index contributed by atoms with van der Waals surface area (Å²) in [6.07, 6.45) is 5.31. The predicted octanol–water partition coefficient (Wildman–Crippen LogP) is 3.23. The van der Waals surface area contributed by atoms with Crippen molar-refractivity contribution < 1.29 is 4.79 Å². The zero-order valence-electron chi connectivity index (χ0n) is 13.9.